The maximum Gasteiger partial charge on any atom is 0.259 e. The van der Waals surface area contributed by atoms with Crippen LogP contribution in [0.5, 0.6) is 0 Å². The summed E-state index contributed by atoms with van der Waals surface area (Å²) >= 11 is 2.55. The first-order valence-corrected chi connectivity index (χ1v) is 8.15. The van der Waals surface area contributed by atoms with E-state index in [1.165, 1.54) is 29.4 Å². The van der Waals surface area contributed by atoms with E-state index < -0.39 is 0 Å². The van der Waals surface area contributed by atoms with Gasteiger partial charge in [0.1, 0.15) is 6.33 Å². The molecule has 0 saturated heterocycles. The first-order chi connectivity index (χ1) is 11.2. The van der Waals surface area contributed by atoms with Gasteiger partial charge in [-0.1, -0.05) is 0 Å². The summed E-state index contributed by atoms with van der Waals surface area (Å²) in [6.07, 6.45) is 1.48. The van der Waals surface area contributed by atoms with Crippen molar-refractivity contribution in [3.63, 3.8) is 0 Å². The smallest absolute Gasteiger partial charge is 0.259 e. The SMILES string of the molecule is Nc1ccc(Sc2nc[nH]n2)cc1C(=O)Nc1nc(CO)cs1. The van der Waals surface area contributed by atoms with Gasteiger partial charge >= 0.3 is 0 Å². The molecule has 0 aliphatic rings. The van der Waals surface area contributed by atoms with E-state index in [2.05, 4.69) is 25.5 Å². The summed E-state index contributed by atoms with van der Waals surface area (Å²) in [7, 11) is 0. The van der Waals surface area contributed by atoms with Crippen LogP contribution in [0.25, 0.3) is 0 Å². The summed E-state index contributed by atoms with van der Waals surface area (Å²) < 4.78 is 0. The average Bonchev–Trinajstić information content (AvgIpc) is 3.20. The molecule has 3 aromatic rings. The van der Waals surface area contributed by atoms with Crippen LogP contribution < -0.4 is 11.1 Å². The Kier molecular flexibility index (Phi) is 4.55. The third-order valence-electron chi connectivity index (χ3n) is 2.81. The monoisotopic (exact) mass is 348 g/mol. The average molecular weight is 348 g/mol. The number of hydrogen-bond acceptors (Lipinski definition) is 8. The number of carbonyl (C=O) groups excluding carboxylic acids is 1. The van der Waals surface area contributed by atoms with Crippen molar-refractivity contribution in [2.45, 2.75) is 16.7 Å². The highest BCUT2D eigenvalue weighted by atomic mass is 32.2. The number of H-pyrrole nitrogens is 1. The second-order valence-corrected chi connectivity index (χ2v) is 6.29. The predicted molar refractivity (Wildman–Crippen MR) is 87.4 cm³/mol. The Bertz CT molecular complexity index is 818. The fourth-order valence-electron chi connectivity index (χ4n) is 1.75. The molecule has 3 rings (SSSR count). The summed E-state index contributed by atoms with van der Waals surface area (Å²) in [5.41, 5.74) is 7.09. The minimum atomic E-state index is -0.362. The van der Waals surface area contributed by atoms with Gasteiger partial charge in [0.15, 0.2) is 5.13 Å². The molecule has 5 N–H and O–H groups in total. The molecule has 23 heavy (non-hydrogen) atoms. The molecular weight excluding hydrogens is 336 g/mol. The Labute approximate surface area is 139 Å². The second-order valence-electron chi connectivity index (χ2n) is 4.39. The Morgan fingerprint density at radius 3 is 3.04 bits per heavy atom. The van der Waals surface area contributed by atoms with Gasteiger partial charge in [-0.25, -0.2) is 9.97 Å². The fourth-order valence-corrected chi connectivity index (χ4v) is 3.17. The number of aliphatic hydroxyl groups is 1. The molecule has 0 bridgehead atoms. The quantitative estimate of drug-likeness (QED) is 0.517. The fraction of sp³-hybridized carbons (Fsp3) is 0.0769. The lowest BCUT2D eigenvalue weighted by Crippen LogP contribution is -2.14. The number of nitrogens with two attached hydrogens (primary N) is 1. The predicted octanol–water partition coefficient (Wildman–Crippen LogP) is 1.74. The third-order valence-corrected chi connectivity index (χ3v) is 4.48. The number of anilines is 2. The Hall–Kier alpha value is -2.43. The molecule has 0 radical (unpaired) electrons. The number of aliphatic hydroxyl groups excluding tert-OH is 1. The van der Waals surface area contributed by atoms with Crippen LogP contribution >= 0.6 is 23.1 Å². The number of nitrogen functional groups attached to an aromatic ring is 1. The van der Waals surface area contributed by atoms with Crippen LogP contribution in [-0.4, -0.2) is 31.2 Å². The van der Waals surface area contributed by atoms with Crippen molar-refractivity contribution in [2.24, 2.45) is 0 Å². The molecule has 1 amide bonds. The first kappa shape index (κ1) is 15.5. The van der Waals surface area contributed by atoms with E-state index >= 15 is 0 Å². The van der Waals surface area contributed by atoms with E-state index in [1.54, 1.807) is 23.6 Å². The largest absolute Gasteiger partial charge is 0.398 e. The van der Waals surface area contributed by atoms with Crippen molar-refractivity contribution in [2.75, 3.05) is 11.1 Å². The number of hydrogen-bond donors (Lipinski definition) is 4. The zero-order valence-electron chi connectivity index (χ0n) is 11.7. The molecule has 0 atom stereocenters. The van der Waals surface area contributed by atoms with E-state index in [-0.39, 0.29) is 12.5 Å². The van der Waals surface area contributed by atoms with Crippen molar-refractivity contribution < 1.29 is 9.90 Å². The van der Waals surface area contributed by atoms with Crippen molar-refractivity contribution in [3.05, 3.63) is 41.2 Å². The summed E-state index contributed by atoms with van der Waals surface area (Å²) in [4.78, 5) is 21.2. The van der Waals surface area contributed by atoms with Crippen LogP contribution in [0.4, 0.5) is 10.8 Å². The Morgan fingerprint density at radius 2 is 2.35 bits per heavy atom. The van der Waals surface area contributed by atoms with Gasteiger partial charge in [-0.15, -0.1) is 16.4 Å². The number of benzene rings is 1. The molecule has 10 heteroatoms. The zero-order valence-corrected chi connectivity index (χ0v) is 13.3. The number of amides is 1. The number of rotatable bonds is 5. The molecule has 0 spiro atoms. The van der Waals surface area contributed by atoms with Crippen LogP contribution in [0.2, 0.25) is 0 Å². The zero-order chi connectivity index (χ0) is 16.2. The van der Waals surface area contributed by atoms with Crippen LogP contribution in [0.3, 0.4) is 0 Å². The summed E-state index contributed by atoms with van der Waals surface area (Å²) in [6.45, 7) is -0.169. The molecule has 1 aromatic carbocycles. The van der Waals surface area contributed by atoms with Crippen LogP contribution in [-0.2, 0) is 6.61 Å². The van der Waals surface area contributed by atoms with Crippen molar-refractivity contribution in [1.82, 2.24) is 20.2 Å². The Morgan fingerprint density at radius 1 is 1.48 bits per heavy atom. The van der Waals surface area contributed by atoms with Crippen LogP contribution in [0.15, 0.2) is 40.0 Å². The lowest BCUT2D eigenvalue weighted by atomic mass is 10.1. The number of nitrogens with one attached hydrogen (secondary N) is 2. The van der Waals surface area contributed by atoms with E-state index in [4.69, 9.17) is 10.8 Å². The van der Waals surface area contributed by atoms with Gasteiger partial charge < -0.3 is 10.8 Å². The lowest BCUT2D eigenvalue weighted by Gasteiger charge is -2.07. The standard InChI is InChI=1S/C13H12N6O2S2/c14-10-2-1-8(23-12-15-6-16-19-12)3-9(10)11(21)18-13-17-7(4-20)5-22-13/h1-3,5-6,20H,4,14H2,(H,15,16,19)(H,17,18,21). The number of nitrogens with zero attached hydrogens (tertiary/aromatic N) is 3. The maximum atomic E-state index is 12.4. The number of aromatic nitrogens is 4. The number of thiazole rings is 1. The molecule has 0 fully saturated rings. The summed E-state index contributed by atoms with van der Waals surface area (Å²) in [5.74, 6) is -0.362. The number of carbonyl (C=O) groups is 1. The molecule has 0 aliphatic heterocycles. The van der Waals surface area contributed by atoms with E-state index in [0.717, 1.165) is 4.90 Å². The minimum absolute atomic E-state index is 0.169. The van der Waals surface area contributed by atoms with Gasteiger partial charge in [0.25, 0.3) is 5.91 Å². The van der Waals surface area contributed by atoms with Gasteiger partial charge in [-0.2, -0.15) is 0 Å². The highest BCUT2D eigenvalue weighted by Crippen LogP contribution is 2.28. The molecule has 0 aliphatic carbocycles. The molecule has 2 heterocycles. The van der Waals surface area contributed by atoms with E-state index in [0.29, 0.717) is 27.2 Å². The van der Waals surface area contributed by atoms with Crippen molar-refractivity contribution in [3.8, 4) is 0 Å². The highest BCUT2D eigenvalue weighted by Gasteiger charge is 2.14. The molecule has 118 valence electrons. The molecule has 2 aromatic heterocycles. The molecule has 0 saturated carbocycles. The topological polar surface area (TPSA) is 130 Å². The van der Waals surface area contributed by atoms with E-state index in [1.807, 2.05) is 0 Å². The minimum Gasteiger partial charge on any atom is -0.398 e. The number of aromatic amines is 1. The molecule has 0 unspecified atom stereocenters. The summed E-state index contributed by atoms with van der Waals surface area (Å²) in [6, 6.07) is 5.12. The van der Waals surface area contributed by atoms with Crippen LogP contribution in [0.1, 0.15) is 16.1 Å². The van der Waals surface area contributed by atoms with Crippen molar-refractivity contribution >= 4 is 39.8 Å². The second kappa shape index (κ2) is 6.77. The summed E-state index contributed by atoms with van der Waals surface area (Å²) in [5, 5.41) is 20.9. The van der Waals surface area contributed by atoms with E-state index in [9.17, 15) is 4.79 Å². The van der Waals surface area contributed by atoms with Gasteiger partial charge in [0.2, 0.25) is 5.16 Å². The Balaban J connectivity index is 1.78. The highest BCUT2D eigenvalue weighted by molar-refractivity contribution is 7.99. The normalized spacial score (nSPS) is 10.7. The van der Waals surface area contributed by atoms with Crippen LogP contribution in [0, 0.1) is 0 Å². The van der Waals surface area contributed by atoms with Gasteiger partial charge in [0, 0.05) is 16.0 Å². The molecular formula is C13H12N6O2S2. The van der Waals surface area contributed by atoms with Gasteiger partial charge in [-0.3, -0.25) is 15.2 Å². The lowest BCUT2D eigenvalue weighted by molar-refractivity contribution is 0.102. The molecule has 8 nitrogen and oxygen atoms in total. The van der Waals surface area contributed by atoms with Crippen molar-refractivity contribution in [1.29, 1.82) is 0 Å². The van der Waals surface area contributed by atoms with Gasteiger partial charge in [0.05, 0.1) is 17.9 Å². The maximum absolute atomic E-state index is 12.4. The van der Waals surface area contributed by atoms with Gasteiger partial charge in [-0.05, 0) is 30.0 Å². The first-order valence-electron chi connectivity index (χ1n) is 6.45. The third kappa shape index (κ3) is 3.67.